The van der Waals surface area contributed by atoms with Crippen LogP contribution >= 0.6 is 22.7 Å². The number of aromatic nitrogens is 4. The van der Waals surface area contributed by atoms with E-state index in [1.807, 2.05) is 61.3 Å². The van der Waals surface area contributed by atoms with Crippen molar-refractivity contribution in [1.82, 2.24) is 24.5 Å². The van der Waals surface area contributed by atoms with Crippen LogP contribution in [0.15, 0.2) is 36.0 Å². The van der Waals surface area contributed by atoms with Crippen LogP contribution in [0.1, 0.15) is 31.3 Å². The van der Waals surface area contributed by atoms with E-state index >= 15 is 0 Å². The number of thiazole rings is 2. The Balaban J connectivity index is 1.38. The minimum Gasteiger partial charge on any atom is -0.444 e. The summed E-state index contributed by atoms with van der Waals surface area (Å²) in [6, 6.07) is 5.99. The van der Waals surface area contributed by atoms with Gasteiger partial charge in [0.1, 0.15) is 21.3 Å². The molecule has 0 fully saturated rings. The third kappa shape index (κ3) is 3.59. The highest BCUT2D eigenvalue weighted by Gasteiger charge is 2.28. The van der Waals surface area contributed by atoms with Gasteiger partial charge in [0.05, 0.1) is 29.5 Å². The SMILES string of the molecule is CC(C)(C)OC(=O)N1CCc2sc(-c3csc(-c4cnn5ccccc45)n3)nc2C1. The molecule has 5 rings (SSSR count). The Morgan fingerprint density at radius 2 is 2.07 bits per heavy atom. The molecule has 0 bridgehead atoms. The molecule has 4 aromatic heterocycles. The topological polar surface area (TPSA) is 72.6 Å². The summed E-state index contributed by atoms with van der Waals surface area (Å²) in [5, 5.41) is 8.26. The van der Waals surface area contributed by atoms with Crippen LogP contribution in [0.25, 0.3) is 26.8 Å². The molecule has 0 N–H and O–H groups in total. The Bertz CT molecular complexity index is 1230. The maximum atomic E-state index is 12.4. The highest BCUT2D eigenvalue weighted by Crippen LogP contribution is 2.35. The molecule has 0 unspecified atom stereocenters. The quantitative estimate of drug-likeness (QED) is 0.445. The molecule has 0 saturated carbocycles. The summed E-state index contributed by atoms with van der Waals surface area (Å²) < 4.78 is 7.36. The average molecular weight is 440 g/mol. The first-order chi connectivity index (χ1) is 14.4. The molecule has 0 atom stereocenters. The summed E-state index contributed by atoms with van der Waals surface area (Å²) in [5.41, 5.74) is 3.36. The molecule has 7 nitrogen and oxygen atoms in total. The first-order valence-electron chi connectivity index (χ1n) is 9.72. The number of fused-ring (bicyclic) bond motifs is 2. The van der Waals surface area contributed by atoms with Gasteiger partial charge in [0.25, 0.3) is 0 Å². The first-order valence-corrected chi connectivity index (χ1v) is 11.4. The lowest BCUT2D eigenvalue weighted by molar-refractivity contribution is 0.0222. The maximum Gasteiger partial charge on any atom is 0.410 e. The highest BCUT2D eigenvalue weighted by atomic mass is 32.1. The van der Waals surface area contributed by atoms with Crippen LogP contribution in [0.4, 0.5) is 4.79 Å². The smallest absolute Gasteiger partial charge is 0.410 e. The van der Waals surface area contributed by atoms with E-state index in [1.165, 1.54) is 4.88 Å². The molecule has 0 aliphatic carbocycles. The molecule has 4 aromatic rings. The number of carbonyl (C=O) groups excluding carboxylic acids is 1. The van der Waals surface area contributed by atoms with Gasteiger partial charge in [0.15, 0.2) is 0 Å². The van der Waals surface area contributed by atoms with Crippen molar-refractivity contribution in [2.45, 2.75) is 39.3 Å². The van der Waals surface area contributed by atoms with Crippen LogP contribution in [0, 0.1) is 0 Å². The second kappa shape index (κ2) is 7.17. The van der Waals surface area contributed by atoms with Crippen molar-refractivity contribution in [3.05, 3.63) is 46.5 Å². The number of hydrogen-bond donors (Lipinski definition) is 0. The van der Waals surface area contributed by atoms with E-state index < -0.39 is 5.60 Å². The molecule has 1 amide bonds. The fraction of sp³-hybridized carbons (Fsp3) is 0.333. The molecule has 1 aliphatic rings. The largest absolute Gasteiger partial charge is 0.444 e. The van der Waals surface area contributed by atoms with E-state index in [0.717, 1.165) is 38.9 Å². The molecule has 0 spiro atoms. The molecular weight excluding hydrogens is 418 g/mol. The van der Waals surface area contributed by atoms with Gasteiger partial charge in [0, 0.05) is 29.4 Å². The Hall–Kier alpha value is -2.78. The molecule has 5 heterocycles. The molecule has 9 heteroatoms. The maximum absolute atomic E-state index is 12.4. The van der Waals surface area contributed by atoms with Gasteiger partial charge >= 0.3 is 6.09 Å². The van der Waals surface area contributed by atoms with Crippen LogP contribution in [-0.4, -0.2) is 42.7 Å². The number of hydrogen-bond acceptors (Lipinski definition) is 7. The van der Waals surface area contributed by atoms with E-state index in [0.29, 0.717) is 13.1 Å². The number of pyridine rings is 1. The summed E-state index contributed by atoms with van der Waals surface area (Å²) >= 11 is 3.26. The lowest BCUT2D eigenvalue weighted by Crippen LogP contribution is -2.39. The minimum atomic E-state index is -0.500. The fourth-order valence-electron chi connectivity index (χ4n) is 3.39. The van der Waals surface area contributed by atoms with Gasteiger partial charge in [-0.2, -0.15) is 5.10 Å². The number of nitrogens with zero attached hydrogens (tertiary/aromatic N) is 5. The molecule has 1 aliphatic heterocycles. The first kappa shape index (κ1) is 19.2. The standard InChI is InChI=1S/C21H21N5O2S2/c1-21(2,3)28-20(27)25-9-7-17-14(11-25)23-19(30-17)15-12-29-18(24-15)13-10-22-26-8-5-4-6-16(13)26/h4-6,8,10,12H,7,9,11H2,1-3H3. The zero-order valence-electron chi connectivity index (χ0n) is 17.0. The average Bonchev–Trinajstić information content (AvgIpc) is 3.42. The summed E-state index contributed by atoms with van der Waals surface area (Å²) in [5.74, 6) is 0. The van der Waals surface area contributed by atoms with E-state index in [2.05, 4.69) is 5.10 Å². The molecule has 0 saturated heterocycles. The van der Waals surface area contributed by atoms with Gasteiger partial charge in [-0.3, -0.25) is 0 Å². The molecular formula is C21H21N5O2S2. The Kier molecular flexibility index (Phi) is 4.59. The number of amides is 1. The Morgan fingerprint density at radius 3 is 2.90 bits per heavy atom. The molecule has 30 heavy (non-hydrogen) atoms. The Labute approximate surface area is 182 Å². The Morgan fingerprint density at radius 1 is 1.20 bits per heavy atom. The van der Waals surface area contributed by atoms with Crippen LogP contribution in [0.2, 0.25) is 0 Å². The third-order valence-corrected chi connectivity index (χ3v) is 6.82. The highest BCUT2D eigenvalue weighted by molar-refractivity contribution is 7.16. The van der Waals surface area contributed by atoms with Crippen LogP contribution in [0.3, 0.4) is 0 Å². The predicted molar refractivity (Wildman–Crippen MR) is 118 cm³/mol. The molecule has 0 aromatic carbocycles. The van der Waals surface area contributed by atoms with Crippen molar-refractivity contribution in [3.63, 3.8) is 0 Å². The van der Waals surface area contributed by atoms with Gasteiger partial charge in [-0.1, -0.05) is 6.07 Å². The molecule has 154 valence electrons. The van der Waals surface area contributed by atoms with Crippen LogP contribution in [0.5, 0.6) is 0 Å². The van der Waals surface area contributed by atoms with Crippen LogP contribution in [-0.2, 0) is 17.7 Å². The number of ether oxygens (including phenoxy) is 1. The second-order valence-corrected chi connectivity index (χ2v) is 10.1. The zero-order chi connectivity index (χ0) is 20.9. The van der Waals surface area contributed by atoms with Gasteiger partial charge in [-0.25, -0.2) is 19.3 Å². The van der Waals surface area contributed by atoms with Crippen molar-refractivity contribution < 1.29 is 9.53 Å². The van der Waals surface area contributed by atoms with Crippen molar-refractivity contribution in [2.24, 2.45) is 0 Å². The van der Waals surface area contributed by atoms with Gasteiger partial charge in [-0.05, 0) is 32.9 Å². The van der Waals surface area contributed by atoms with Gasteiger partial charge in [-0.15, -0.1) is 22.7 Å². The molecule has 0 radical (unpaired) electrons. The summed E-state index contributed by atoms with van der Waals surface area (Å²) in [6.45, 7) is 6.76. The lowest BCUT2D eigenvalue weighted by Gasteiger charge is -2.29. The van der Waals surface area contributed by atoms with Crippen molar-refractivity contribution in [2.75, 3.05) is 6.54 Å². The van der Waals surface area contributed by atoms with E-state index in [9.17, 15) is 4.79 Å². The van der Waals surface area contributed by atoms with Crippen molar-refractivity contribution in [1.29, 1.82) is 0 Å². The normalized spacial score (nSPS) is 14.2. The fourth-order valence-corrected chi connectivity index (χ4v) is 5.30. The predicted octanol–water partition coefficient (Wildman–Crippen LogP) is 4.87. The minimum absolute atomic E-state index is 0.285. The number of rotatable bonds is 2. The van der Waals surface area contributed by atoms with E-state index in [4.69, 9.17) is 14.7 Å². The van der Waals surface area contributed by atoms with E-state index in [-0.39, 0.29) is 6.09 Å². The second-order valence-electron chi connectivity index (χ2n) is 8.17. The van der Waals surface area contributed by atoms with Crippen LogP contribution < -0.4 is 0 Å². The van der Waals surface area contributed by atoms with Gasteiger partial charge < -0.3 is 9.64 Å². The summed E-state index contributed by atoms with van der Waals surface area (Å²) in [4.78, 5) is 25.0. The third-order valence-electron chi connectivity index (χ3n) is 4.76. The lowest BCUT2D eigenvalue weighted by atomic mass is 10.2. The number of carbonyl (C=O) groups is 1. The monoisotopic (exact) mass is 439 g/mol. The van der Waals surface area contributed by atoms with E-state index in [1.54, 1.807) is 27.6 Å². The van der Waals surface area contributed by atoms with Gasteiger partial charge in [0.2, 0.25) is 0 Å². The van der Waals surface area contributed by atoms with Crippen molar-refractivity contribution >= 4 is 34.3 Å². The van der Waals surface area contributed by atoms with Crippen molar-refractivity contribution in [3.8, 4) is 21.3 Å². The zero-order valence-corrected chi connectivity index (χ0v) is 18.6. The summed E-state index contributed by atoms with van der Waals surface area (Å²) in [7, 11) is 0. The summed E-state index contributed by atoms with van der Waals surface area (Å²) in [6.07, 6.45) is 4.28.